The van der Waals surface area contributed by atoms with Crippen LogP contribution in [-0.4, -0.2) is 24.2 Å². The standard InChI is InChI=1S/C9H17NO2/c1-4-12-8(11)9(2,3)10-7-5-6-7/h7,10H,4-6H2,1-3H3. The molecule has 0 aliphatic heterocycles. The molecule has 12 heavy (non-hydrogen) atoms. The van der Waals surface area contributed by atoms with Gasteiger partial charge in [-0.05, 0) is 33.6 Å². The fraction of sp³-hybridized carbons (Fsp3) is 0.889. The van der Waals surface area contributed by atoms with Gasteiger partial charge in [-0.3, -0.25) is 10.1 Å². The molecule has 0 spiro atoms. The SMILES string of the molecule is CCOC(=O)C(C)(C)NC1CC1. The first kappa shape index (κ1) is 9.52. The molecule has 0 saturated heterocycles. The molecule has 0 atom stereocenters. The van der Waals surface area contributed by atoms with Gasteiger partial charge < -0.3 is 4.74 Å². The average molecular weight is 171 g/mol. The van der Waals surface area contributed by atoms with Gasteiger partial charge in [0, 0.05) is 6.04 Å². The molecule has 0 radical (unpaired) electrons. The van der Waals surface area contributed by atoms with Crippen molar-refractivity contribution < 1.29 is 9.53 Å². The van der Waals surface area contributed by atoms with Crippen LogP contribution in [0, 0.1) is 0 Å². The molecule has 70 valence electrons. The zero-order chi connectivity index (χ0) is 9.19. The van der Waals surface area contributed by atoms with Gasteiger partial charge in [0.15, 0.2) is 0 Å². The number of rotatable bonds is 4. The maximum absolute atomic E-state index is 11.3. The summed E-state index contributed by atoms with van der Waals surface area (Å²) < 4.78 is 4.93. The van der Waals surface area contributed by atoms with Gasteiger partial charge in [0.2, 0.25) is 0 Å². The largest absolute Gasteiger partial charge is 0.465 e. The normalized spacial score (nSPS) is 17.6. The van der Waals surface area contributed by atoms with Crippen molar-refractivity contribution in [3.8, 4) is 0 Å². The fourth-order valence-electron chi connectivity index (χ4n) is 1.11. The minimum atomic E-state index is -0.517. The van der Waals surface area contributed by atoms with Crippen LogP contribution in [0.3, 0.4) is 0 Å². The summed E-state index contributed by atoms with van der Waals surface area (Å²) in [5.41, 5.74) is -0.517. The van der Waals surface area contributed by atoms with E-state index in [1.165, 1.54) is 12.8 Å². The van der Waals surface area contributed by atoms with E-state index >= 15 is 0 Å². The van der Waals surface area contributed by atoms with E-state index in [0.717, 1.165) is 0 Å². The van der Waals surface area contributed by atoms with Crippen LogP contribution in [-0.2, 0) is 9.53 Å². The van der Waals surface area contributed by atoms with Gasteiger partial charge in [-0.15, -0.1) is 0 Å². The van der Waals surface area contributed by atoms with Crippen LogP contribution in [0.2, 0.25) is 0 Å². The third-order valence-electron chi connectivity index (χ3n) is 1.93. The first-order valence-electron chi connectivity index (χ1n) is 4.51. The van der Waals surface area contributed by atoms with E-state index in [1.54, 1.807) is 0 Å². The van der Waals surface area contributed by atoms with Crippen LogP contribution in [0.15, 0.2) is 0 Å². The van der Waals surface area contributed by atoms with Crippen molar-refractivity contribution in [1.82, 2.24) is 5.32 Å². The molecular weight excluding hydrogens is 154 g/mol. The molecule has 1 saturated carbocycles. The molecule has 0 aromatic carbocycles. The van der Waals surface area contributed by atoms with Crippen molar-refractivity contribution in [3.63, 3.8) is 0 Å². The number of nitrogens with one attached hydrogen (secondary N) is 1. The van der Waals surface area contributed by atoms with Crippen molar-refractivity contribution >= 4 is 5.97 Å². The quantitative estimate of drug-likeness (QED) is 0.643. The molecule has 1 aliphatic rings. The number of carbonyl (C=O) groups is 1. The lowest BCUT2D eigenvalue weighted by Crippen LogP contribution is -2.48. The third kappa shape index (κ3) is 2.48. The fourth-order valence-corrected chi connectivity index (χ4v) is 1.11. The summed E-state index contributed by atoms with van der Waals surface area (Å²) in [5.74, 6) is -0.156. The van der Waals surface area contributed by atoms with E-state index in [-0.39, 0.29) is 5.97 Å². The van der Waals surface area contributed by atoms with Crippen LogP contribution in [0.25, 0.3) is 0 Å². The van der Waals surface area contributed by atoms with E-state index in [4.69, 9.17) is 4.74 Å². The summed E-state index contributed by atoms with van der Waals surface area (Å²) in [4.78, 5) is 11.3. The van der Waals surface area contributed by atoms with Crippen LogP contribution in [0.5, 0.6) is 0 Å². The van der Waals surface area contributed by atoms with E-state index in [2.05, 4.69) is 5.32 Å². The number of hydrogen-bond donors (Lipinski definition) is 1. The second-order valence-electron chi connectivity index (χ2n) is 3.76. The van der Waals surface area contributed by atoms with Crippen LogP contribution < -0.4 is 5.32 Å². The molecule has 0 unspecified atom stereocenters. The highest BCUT2D eigenvalue weighted by Gasteiger charge is 2.35. The monoisotopic (exact) mass is 171 g/mol. The Morgan fingerprint density at radius 2 is 2.17 bits per heavy atom. The van der Waals surface area contributed by atoms with Crippen LogP contribution in [0.4, 0.5) is 0 Å². The molecule has 0 bridgehead atoms. The minimum Gasteiger partial charge on any atom is -0.465 e. The number of carbonyl (C=O) groups excluding carboxylic acids is 1. The Hall–Kier alpha value is -0.570. The molecule has 1 fully saturated rings. The number of ether oxygens (including phenoxy) is 1. The summed E-state index contributed by atoms with van der Waals surface area (Å²) in [6.07, 6.45) is 2.37. The molecule has 0 aromatic rings. The molecule has 3 heteroatoms. The van der Waals surface area contributed by atoms with Crippen LogP contribution >= 0.6 is 0 Å². The van der Waals surface area contributed by atoms with Gasteiger partial charge in [-0.2, -0.15) is 0 Å². The zero-order valence-corrected chi connectivity index (χ0v) is 8.02. The van der Waals surface area contributed by atoms with Crippen molar-refractivity contribution in [3.05, 3.63) is 0 Å². The topological polar surface area (TPSA) is 38.3 Å². The molecule has 1 rings (SSSR count). The number of hydrogen-bond acceptors (Lipinski definition) is 3. The number of esters is 1. The van der Waals surface area contributed by atoms with Gasteiger partial charge in [0.05, 0.1) is 6.61 Å². The maximum atomic E-state index is 11.3. The summed E-state index contributed by atoms with van der Waals surface area (Å²) in [6.45, 7) is 6.01. The Morgan fingerprint density at radius 1 is 1.58 bits per heavy atom. The van der Waals surface area contributed by atoms with E-state index in [0.29, 0.717) is 12.6 Å². The van der Waals surface area contributed by atoms with Crippen molar-refractivity contribution in [2.75, 3.05) is 6.61 Å². The molecule has 3 nitrogen and oxygen atoms in total. The Kier molecular flexibility index (Phi) is 2.73. The van der Waals surface area contributed by atoms with Gasteiger partial charge >= 0.3 is 5.97 Å². The lowest BCUT2D eigenvalue weighted by atomic mass is 10.1. The van der Waals surface area contributed by atoms with Crippen molar-refractivity contribution in [1.29, 1.82) is 0 Å². The summed E-state index contributed by atoms with van der Waals surface area (Å²) in [7, 11) is 0. The average Bonchev–Trinajstić information content (AvgIpc) is 2.71. The second-order valence-corrected chi connectivity index (χ2v) is 3.76. The van der Waals surface area contributed by atoms with E-state index in [1.807, 2.05) is 20.8 Å². The highest BCUT2D eigenvalue weighted by molar-refractivity contribution is 5.79. The Balaban J connectivity index is 2.38. The second kappa shape index (κ2) is 3.44. The molecule has 1 aliphatic carbocycles. The highest BCUT2D eigenvalue weighted by Crippen LogP contribution is 2.22. The highest BCUT2D eigenvalue weighted by atomic mass is 16.5. The van der Waals surface area contributed by atoms with Crippen molar-refractivity contribution in [2.24, 2.45) is 0 Å². The maximum Gasteiger partial charge on any atom is 0.325 e. The van der Waals surface area contributed by atoms with Gasteiger partial charge in [0.25, 0.3) is 0 Å². The summed E-state index contributed by atoms with van der Waals surface area (Å²) >= 11 is 0. The van der Waals surface area contributed by atoms with E-state index < -0.39 is 5.54 Å². The molecule has 1 N–H and O–H groups in total. The zero-order valence-electron chi connectivity index (χ0n) is 8.02. The third-order valence-corrected chi connectivity index (χ3v) is 1.93. The Labute approximate surface area is 73.5 Å². The molecule has 0 amide bonds. The molecule has 0 heterocycles. The first-order valence-corrected chi connectivity index (χ1v) is 4.51. The lowest BCUT2D eigenvalue weighted by Gasteiger charge is -2.23. The predicted molar refractivity (Wildman–Crippen MR) is 46.9 cm³/mol. The van der Waals surface area contributed by atoms with Crippen LogP contribution in [0.1, 0.15) is 33.6 Å². The van der Waals surface area contributed by atoms with Crippen molar-refractivity contribution in [2.45, 2.75) is 45.2 Å². The van der Waals surface area contributed by atoms with E-state index in [9.17, 15) is 4.79 Å². The lowest BCUT2D eigenvalue weighted by molar-refractivity contribution is -0.149. The minimum absolute atomic E-state index is 0.156. The smallest absolute Gasteiger partial charge is 0.325 e. The Bertz CT molecular complexity index is 173. The van der Waals surface area contributed by atoms with Gasteiger partial charge in [-0.25, -0.2) is 0 Å². The molecular formula is C9H17NO2. The first-order chi connectivity index (χ1) is 5.56. The summed E-state index contributed by atoms with van der Waals surface area (Å²) in [6, 6.07) is 0.532. The molecule has 0 aromatic heterocycles. The Morgan fingerprint density at radius 3 is 2.58 bits per heavy atom. The summed E-state index contributed by atoms with van der Waals surface area (Å²) in [5, 5.41) is 3.24. The van der Waals surface area contributed by atoms with Gasteiger partial charge in [-0.1, -0.05) is 0 Å². The van der Waals surface area contributed by atoms with Gasteiger partial charge in [0.1, 0.15) is 5.54 Å². The predicted octanol–water partition coefficient (Wildman–Crippen LogP) is 1.08.